The quantitative estimate of drug-likeness (QED) is 0.509. The number of fused-ring (bicyclic) bond motifs is 1. The fraction of sp³-hybridized carbons (Fsp3) is 0.190. The molecular formula is C21H19FN4O2S. The fourth-order valence-electron chi connectivity index (χ4n) is 3.18. The van der Waals surface area contributed by atoms with Gasteiger partial charge in [-0.2, -0.15) is 5.10 Å². The molecule has 2 aromatic heterocycles. The van der Waals surface area contributed by atoms with Gasteiger partial charge in [-0.25, -0.2) is 14.1 Å². The number of hydrogen-bond donors (Lipinski definition) is 1. The van der Waals surface area contributed by atoms with Crippen LogP contribution in [0.25, 0.3) is 15.9 Å². The molecule has 0 saturated carbocycles. The summed E-state index contributed by atoms with van der Waals surface area (Å²) in [4.78, 5) is 17.4. The number of amides is 1. The van der Waals surface area contributed by atoms with Crippen molar-refractivity contribution in [2.24, 2.45) is 0 Å². The highest BCUT2D eigenvalue weighted by Crippen LogP contribution is 2.30. The van der Waals surface area contributed by atoms with Gasteiger partial charge >= 0.3 is 0 Å². The van der Waals surface area contributed by atoms with Crippen LogP contribution in [0.2, 0.25) is 0 Å². The van der Waals surface area contributed by atoms with Crippen molar-refractivity contribution in [3.8, 4) is 11.4 Å². The highest BCUT2D eigenvalue weighted by atomic mass is 32.1. The summed E-state index contributed by atoms with van der Waals surface area (Å²) in [7, 11) is 0. The molecule has 148 valence electrons. The third kappa shape index (κ3) is 3.71. The smallest absolute Gasteiger partial charge is 0.261 e. The maximum Gasteiger partial charge on any atom is 0.261 e. The molecule has 29 heavy (non-hydrogen) atoms. The molecule has 0 fully saturated rings. The summed E-state index contributed by atoms with van der Waals surface area (Å²) in [6.07, 6.45) is 0. The van der Waals surface area contributed by atoms with Gasteiger partial charge in [-0.3, -0.25) is 10.1 Å². The Kier molecular flexibility index (Phi) is 5.02. The lowest BCUT2D eigenvalue weighted by atomic mass is 10.2. The molecule has 4 aromatic rings. The molecule has 4 rings (SSSR count). The Morgan fingerprint density at radius 3 is 2.69 bits per heavy atom. The van der Waals surface area contributed by atoms with Crippen LogP contribution in [0.5, 0.6) is 5.75 Å². The topological polar surface area (TPSA) is 69.0 Å². The minimum absolute atomic E-state index is 0.280. The van der Waals surface area contributed by atoms with E-state index in [1.54, 1.807) is 23.7 Å². The van der Waals surface area contributed by atoms with Gasteiger partial charge in [0.1, 0.15) is 11.6 Å². The Labute approximate surface area is 171 Å². The van der Waals surface area contributed by atoms with Crippen molar-refractivity contribution >= 4 is 32.6 Å². The number of nitrogens with one attached hydrogen (secondary N) is 1. The van der Waals surface area contributed by atoms with Crippen molar-refractivity contribution in [3.63, 3.8) is 0 Å². The van der Waals surface area contributed by atoms with Crippen LogP contribution in [0.15, 0.2) is 42.5 Å². The van der Waals surface area contributed by atoms with Gasteiger partial charge < -0.3 is 4.74 Å². The number of anilines is 1. The zero-order valence-electron chi connectivity index (χ0n) is 16.2. The normalized spacial score (nSPS) is 11.0. The number of halogens is 1. The molecule has 0 bridgehead atoms. The first-order valence-corrected chi connectivity index (χ1v) is 9.95. The standard InChI is InChI=1S/C21H19FN4O2S/c1-4-28-16-9-10-17-18(11-16)29-21(23-17)24-20(27)19-12(2)25-26(13(19)3)15-7-5-14(22)6-8-15/h5-11H,4H2,1-3H3,(H,23,24,27). The van der Waals surface area contributed by atoms with E-state index in [2.05, 4.69) is 15.4 Å². The summed E-state index contributed by atoms with van der Waals surface area (Å²) in [5, 5.41) is 7.82. The zero-order valence-corrected chi connectivity index (χ0v) is 17.0. The van der Waals surface area contributed by atoms with Crippen molar-refractivity contribution < 1.29 is 13.9 Å². The number of ether oxygens (including phenoxy) is 1. The lowest BCUT2D eigenvalue weighted by molar-refractivity contribution is 0.102. The van der Waals surface area contributed by atoms with E-state index in [4.69, 9.17) is 4.74 Å². The van der Waals surface area contributed by atoms with Gasteiger partial charge in [0, 0.05) is 0 Å². The Morgan fingerprint density at radius 2 is 1.97 bits per heavy atom. The van der Waals surface area contributed by atoms with Gasteiger partial charge in [-0.05, 0) is 63.2 Å². The van der Waals surface area contributed by atoms with Gasteiger partial charge in [0.25, 0.3) is 5.91 Å². The van der Waals surface area contributed by atoms with Gasteiger partial charge in [0.05, 0.1) is 39.5 Å². The maximum absolute atomic E-state index is 13.2. The highest BCUT2D eigenvalue weighted by Gasteiger charge is 2.20. The minimum Gasteiger partial charge on any atom is -0.494 e. The second kappa shape index (κ2) is 7.63. The number of aromatic nitrogens is 3. The molecule has 8 heteroatoms. The Balaban J connectivity index is 1.61. The van der Waals surface area contributed by atoms with Gasteiger partial charge in [0.2, 0.25) is 0 Å². The third-order valence-corrected chi connectivity index (χ3v) is 5.41. The van der Waals surface area contributed by atoms with E-state index in [-0.39, 0.29) is 11.7 Å². The van der Waals surface area contributed by atoms with E-state index in [9.17, 15) is 9.18 Å². The van der Waals surface area contributed by atoms with E-state index in [1.165, 1.54) is 23.5 Å². The highest BCUT2D eigenvalue weighted by molar-refractivity contribution is 7.22. The Bertz CT molecular complexity index is 1200. The molecule has 1 amide bonds. The molecule has 0 radical (unpaired) electrons. The second-order valence-electron chi connectivity index (χ2n) is 6.47. The first kappa shape index (κ1) is 19.1. The molecule has 2 heterocycles. The molecule has 2 aromatic carbocycles. The first-order chi connectivity index (χ1) is 14.0. The van der Waals surface area contributed by atoms with Crippen LogP contribution in [0.3, 0.4) is 0 Å². The lowest BCUT2D eigenvalue weighted by Crippen LogP contribution is -2.14. The van der Waals surface area contributed by atoms with E-state index in [0.29, 0.717) is 34.4 Å². The van der Waals surface area contributed by atoms with E-state index in [0.717, 1.165) is 16.0 Å². The molecule has 0 aliphatic carbocycles. The first-order valence-electron chi connectivity index (χ1n) is 9.13. The van der Waals surface area contributed by atoms with Gasteiger partial charge in [-0.1, -0.05) is 11.3 Å². The minimum atomic E-state index is -0.323. The van der Waals surface area contributed by atoms with E-state index in [1.807, 2.05) is 32.0 Å². The SMILES string of the molecule is CCOc1ccc2nc(NC(=O)c3c(C)nn(-c4ccc(F)cc4)c3C)sc2c1. The van der Waals surface area contributed by atoms with Gasteiger partial charge in [0.15, 0.2) is 5.13 Å². The Morgan fingerprint density at radius 1 is 1.21 bits per heavy atom. The van der Waals surface area contributed by atoms with E-state index >= 15 is 0 Å². The van der Waals surface area contributed by atoms with Crippen LogP contribution in [0.4, 0.5) is 9.52 Å². The van der Waals surface area contributed by atoms with Crippen LogP contribution in [-0.2, 0) is 0 Å². The largest absolute Gasteiger partial charge is 0.494 e. The Hall–Kier alpha value is -3.26. The number of thiazole rings is 1. The van der Waals surface area contributed by atoms with Gasteiger partial charge in [-0.15, -0.1) is 0 Å². The molecule has 0 aliphatic heterocycles. The molecule has 0 atom stereocenters. The molecule has 0 spiro atoms. The van der Waals surface area contributed by atoms with Crippen LogP contribution in [-0.4, -0.2) is 27.3 Å². The number of aryl methyl sites for hydroxylation is 1. The van der Waals surface area contributed by atoms with Crippen LogP contribution < -0.4 is 10.1 Å². The summed E-state index contributed by atoms with van der Waals surface area (Å²) >= 11 is 1.38. The molecule has 6 nitrogen and oxygen atoms in total. The predicted molar refractivity (Wildman–Crippen MR) is 112 cm³/mol. The number of benzene rings is 2. The van der Waals surface area contributed by atoms with Crippen molar-refractivity contribution in [2.45, 2.75) is 20.8 Å². The number of rotatable bonds is 5. The summed E-state index contributed by atoms with van der Waals surface area (Å²) in [6, 6.07) is 11.6. The van der Waals surface area contributed by atoms with E-state index < -0.39 is 0 Å². The lowest BCUT2D eigenvalue weighted by Gasteiger charge is -2.05. The third-order valence-electron chi connectivity index (χ3n) is 4.48. The maximum atomic E-state index is 13.2. The van der Waals surface area contributed by atoms with Crippen LogP contribution >= 0.6 is 11.3 Å². The van der Waals surface area contributed by atoms with Crippen molar-refractivity contribution in [3.05, 3.63) is 65.2 Å². The van der Waals surface area contributed by atoms with Crippen LogP contribution in [0, 0.1) is 19.7 Å². The number of carbonyl (C=O) groups excluding carboxylic acids is 1. The van der Waals surface area contributed by atoms with Crippen LogP contribution in [0.1, 0.15) is 28.7 Å². The summed E-state index contributed by atoms with van der Waals surface area (Å²) < 4.78 is 21.3. The molecule has 0 saturated heterocycles. The van der Waals surface area contributed by atoms with Crippen molar-refractivity contribution in [2.75, 3.05) is 11.9 Å². The molecule has 0 aliphatic rings. The predicted octanol–water partition coefficient (Wildman–Crippen LogP) is 4.89. The summed E-state index contributed by atoms with van der Waals surface area (Å²) in [5.74, 6) is 0.169. The average molecular weight is 410 g/mol. The van der Waals surface area contributed by atoms with Crippen molar-refractivity contribution in [1.82, 2.24) is 14.8 Å². The molecule has 0 unspecified atom stereocenters. The number of hydrogen-bond acceptors (Lipinski definition) is 5. The average Bonchev–Trinajstić information content (AvgIpc) is 3.21. The fourth-order valence-corrected chi connectivity index (χ4v) is 4.07. The monoisotopic (exact) mass is 410 g/mol. The van der Waals surface area contributed by atoms with Crippen molar-refractivity contribution in [1.29, 1.82) is 0 Å². The number of carbonyl (C=O) groups is 1. The number of nitrogens with zero attached hydrogens (tertiary/aromatic N) is 3. The second-order valence-corrected chi connectivity index (χ2v) is 7.50. The molecular weight excluding hydrogens is 391 g/mol. The zero-order chi connectivity index (χ0) is 20.5. The molecule has 1 N–H and O–H groups in total. The summed E-state index contributed by atoms with van der Waals surface area (Å²) in [6.45, 7) is 6.10. The summed E-state index contributed by atoms with van der Waals surface area (Å²) in [5.41, 5.74) is 3.22.